The fourth-order valence-electron chi connectivity index (χ4n) is 2.66. The van der Waals surface area contributed by atoms with Gasteiger partial charge in [-0.25, -0.2) is 0 Å². The van der Waals surface area contributed by atoms with E-state index in [1.165, 1.54) is 32.1 Å². The van der Waals surface area contributed by atoms with Crippen LogP contribution in [0.4, 0.5) is 0 Å². The number of carbonyl (C=O) groups excluding carboxylic acids is 1. The number of rotatable bonds is 6. The molecule has 1 aliphatic carbocycles. The maximum atomic E-state index is 11.4. The zero-order valence-electron chi connectivity index (χ0n) is 10.7. The zero-order valence-corrected chi connectivity index (χ0v) is 10.7. The van der Waals surface area contributed by atoms with E-state index in [-0.39, 0.29) is 5.91 Å². The van der Waals surface area contributed by atoms with Gasteiger partial charge in [0.1, 0.15) is 0 Å². The highest BCUT2D eigenvalue weighted by Crippen LogP contribution is 2.27. The summed E-state index contributed by atoms with van der Waals surface area (Å²) in [5.74, 6) is 0.907. The predicted molar refractivity (Wildman–Crippen MR) is 67.3 cm³/mol. The van der Waals surface area contributed by atoms with Gasteiger partial charge in [0.25, 0.3) is 0 Å². The molecule has 1 amide bonds. The molecule has 0 aliphatic heterocycles. The Morgan fingerprint density at radius 1 is 1.25 bits per heavy atom. The minimum Gasteiger partial charge on any atom is -0.355 e. The number of hydrogen-bond donors (Lipinski definition) is 2. The Bertz CT molecular complexity index is 200. The van der Waals surface area contributed by atoms with Gasteiger partial charge in [0.2, 0.25) is 5.91 Å². The van der Waals surface area contributed by atoms with Gasteiger partial charge < -0.3 is 10.6 Å². The average molecular weight is 226 g/mol. The van der Waals surface area contributed by atoms with E-state index < -0.39 is 0 Å². The molecule has 16 heavy (non-hydrogen) atoms. The first-order valence-electron chi connectivity index (χ1n) is 6.78. The molecule has 0 aromatic heterocycles. The lowest BCUT2D eigenvalue weighted by Gasteiger charge is -2.30. The second kappa shape index (κ2) is 7.66. The van der Waals surface area contributed by atoms with Crippen molar-refractivity contribution in [2.75, 3.05) is 13.1 Å². The third-order valence-corrected chi connectivity index (χ3v) is 3.56. The first kappa shape index (κ1) is 13.5. The molecule has 1 fully saturated rings. The van der Waals surface area contributed by atoms with Crippen LogP contribution < -0.4 is 10.6 Å². The van der Waals surface area contributed by atoms with Crippen LogP contribution >= 0.6 is 0 Å². The van der Waals surface area contributed by atoms with Crippen molar-refractivity contribution in [3.8, 4) is 0 Å². The molecule has 0 bridgehead atoms. The van der Waals surface area contributed by atoms with Crippen LogP contribution in [0.3, 0.4) is 0 Å². The van der Waals surface area contributed by atoms with Crippen LogP contribution in [-0.4, -0.2) is 25.0 Å². The summed E-state index contributed by atoms with van der Waals surface area (Å²) in [7, 11) is 0. The molecule has 1 atom stereocenters. The van der Waals surface area contributed by atoms with Gasteiger partial charge in [-0.05, 0) is 32.1 Å². The third-order valence-electron chi connectivity index (χ3n) is 3.56. The van der Waals surface area contributed by atoms with E-state index in [0.717, 1.165) is 18.9 Å². The van der Waals surface area contributed by atoms with Gasteiger partial charge in [0.15, 0.2) is 0 Å². The SMILES string of the molecule is CCNC(=O)CNC(CC)C1CCCCC1. The Hall–Kier alpha value is -0.570. The number of likely N-dealkylation sites (N-methyl/N-ethyl adjacent to an activating group) is 1. The fraction of sp³-hybridized carbons (Fsp3) is 0.923. The molecule has 1 saturated carbocycles. The lowest BCUT2D eigenvalue weighted by molar-refractivity contribution is -0.120. The molecule has 0 spiro atoms. The molecule has 2 N–H and O–H groups in total. The van der Waals surface area contributed by atoms with E-state index >= 15 is 0 Å². The molecular weight excluding hydrogens is 200 g/mol. The van der Waals surface area contributed by atoms with Crippen molar-refractivity contribution in [2.24, 2.45) is 5.92 Å². The third kappa shape index (κ3) is 4.52. The highest BCUT2D eigenvalue weighted by Gasteiger charge is 2.22. The molecule has 3 heteroatoms. The summed E-state index contributed by atoms with van der Waals surface area (Å²) < 4.78 is 0. The fourth-order valence-corrected chi connectivity index (χ4v) is 2.66. The largest absolute Gasteiger partial charge is 0.355 e. The minimum atomic E-state index is 0.122. The highest BCUT2D eigenvalue weighted by atomic mass is 16.1. The standard InChI is InChI=1S/C13H26N2O/c1-3-12(11-8-6-5-7-9-11)15-10-13(16)14-4-2/h11-12,15H,3-10H2,1-2H3,(H,14,16). The summed E-state index contributed by atoms with van der Waals surface area (Å²) in [4.78, 5) is 11.4. The van der Waals surface area contributed by atoms with Crippen LogP contribution in [0.5, 0.6) is 0 Å². The summed E-state index contributed by atoms with van der Waals surface area (Å²) in [6.45, 7) is 5.36. The number of carbonyl (C=O) groups is 1. The molecule has 0 saturated heterocycles. The Kier molecular flexibility index (Phi) is 6.46. The van der Waals surface area contributed by atoms with Gasteiger partial charge in [0.05, 0.1) is 6.54 Å². The lowest BCUT2D eigenvalue weighted by atomic mass is 9.83. The van der Waals surface area contributed by atoms with Gasteiger partial charge >= 0.3 is 0 Å². The highest BCUT2D eigenvalue weighted by molar-refractivity contribution is 5.77. The Morgan fingerprint density at radius 3 is 2.50 bits per heavy atom. The van der Waals surface area contributed by atoms with E-state index in [9.17, 15) is 4.79 Å². The summed E-state index contributed by atoms with van der Waals surface area (Å²) in [6.07, 6.45) is 7.92. The topological polar surface area (TPSA) is 41.1 Å². The van der Waals surface area contributed by atoms with Gasteiger partial charge in [-0.1, -0.05) is 26.2 Å². The molecule has 94 valence electrons. The minimum absolute atomic E-state index is 0.122. The summed E-state index contributed by atoms with van der Waals surface area (Å²) in [5.41, 5.74) is 0. The Balaban J connectivity index is 2.27. The Morgan fingerprint density at radius 2 is 1.94 bits per heavy atom. The molecule has 0 aromatic rings. The summed E-state index contributed by atoms with van der Waals surface area (Å²) in [5, 5.41) is 6.24. The van der Waals surface area contributed by atoms with Crippen LogP contribution in [0, 0.1) is 5.92 Å². The van der Waals surface area contributed by atoms with E-state index in [1.807, 2.05) is 6.92 Å². The van der Waals surface area contributed by atoms with Gasteiger partial charge in [0, 0.05) is 12.6 Å². The molecule has 1 unspecified atom stereocenters. The smallest absolute Gasteiger partial charge is 0.233 e. The predicted octanol–water partition coefficient (Wildman–Crippen LogP) is 2.07. The van der Waals surface area contributed by atoms with Crippen molar-refractivity contribution in [3.63, 3.8) is 0 Å². The van der Waals surface area contributed by atoms with Crippen LogP contribution in [0.25, 0.3) is 0 Å². The van der Waals surface area contributed by atoms with Crippen LogP contribution in [0.2, 0.25) is 0 Å². The maximum Gasteiger partial charge on any atom is 0.233 e. The van der Waals surface area contributed by atoms with Crippen molar-refractivity contribution in [1.82, 2.24) is 10.6 Å². The first-order chi connectivity index (χ1) is 7.77. The van der Waals surface area contributed by atoms with Gasteiger partial charge in [-0.15, -0.1) is 0 Å². The van der Waals surface area contributed by atoms with Crippen molar-refractivity contribution in [1.29, 1.82) is 0 Å². The van der Waals surface area contributed by atoms with Crippen LogP contribution in [0.1, 0.15) is 52.4 Å². The van der Waals surface area contributed by atoms with Crippen molar-refractivity contribution >= 4 is 5.91 Å². The average Bonchev–Trinajstić information content (AvgIpc) is 2.31. The van der Waals surface area contributed by atoms with Crippen molar-refractivity contribution in [2.45, 2.75) is 58.4 Å². The molecule has 1 aliphatic rings. The monoisotopic (exact) mass is 226 g/mol. The molecule has 0 heterocycles. The van der Waals surface area contributed by atoms with Crippen molar-refractivity contribution < 1.29 is 4.79 Å². The van der Waals surface area contributed by atoms with Gasteiger partial charge in [-0.3, -0.25) is 4.79 Å². The molecule has 3 nitrogen and oxygen atoms in total. The van der Waals surface area contributed by atoms with E-state index in [1.54, 1.807) is 0 Å². The molecule has 1 rings (SSSR count). The Labute approximate surface area is 99.4 Å². The molecule has 0 aromatic carbocycles. The van der Waals surface area contributed by atoms with E-state index in [2.05, 4.69) is 17.6 Å². The quantitative estimate of drug-likeness (QED) is 0.728. The number of nitrogens with one attached hydrogen (secondary N) is 2. The second-order valence-corrected chi connectivity index (χ2v) is 4.75. The number of amides is 1. The first-order valence-corrected chi connectivity index (χ1v) is 6.78. The van der Waals surface area contributed by atoms with Crippen LogP contribution in [0.15, 0.2) is 0 Å². The maximum absolute atomic E-state index is 11.4. The van der Waals surface area contributed by atoms with E-state index in [0.29, 0.717) is 12.6 Å². The van der Waals surface area contributed by atoms with Gasteiger partial charge in [-0.2, -0.15) is 0 Å². The van der Waals surface area contributed by atoms with E-state index in [4.69, 9.17) is 0 Å². The zero-order chi connectivity index (χ0) is 11.8. The number of hydrogen-bond acceptors (Lipinski definition) is 2. The molecular formula is C13H26N2O. The second-order valence-electron chi connectivity index (χ2n) is 4.75. The van der Waals surface area contributed by atoms with Crippen LogP contribution in [-0.2, 0) is 4.79 Å². The summed E-state index contributed by atoms with van der Waals surface area (Å²) >= 11 is 0. The van der Waals surface area contributed by atoms with Crippen molar-refractivity contribution in [3.05, 3.63) is 0 Å². The lowest BCUT2D eigenvalue weighted by Crippen LogP contribution is -2.42. The molecule has 0 radical (unpaired) electrons. The normalized spacial score (nSPS) is 19.4. The summed E-state index contributed by atoms with van der Waals surface area (Å²) in [6, 6.07) is 0.530.